The second-order valence-electron chi connectivity index (χ2n) is 11.7. The van der Waals surface area contributed by atoms with E-state index in [4.69, 9.17) is 11.6 Å². The van der Waals surface area contributed by atoms with Crippen LogP contribution >= 0.6 is 34.7 Å². The van der Waals surface area contributed by atoms with E-state index >= 15 is 13.2 Å². The predicted octanol–water partition coefficient (Wildman–Crippen LogP) is 5.57. The molecule has 0 bridgehead atoms. The zero-order valence-electron chi connectivity index (χ0n) is 25.1. The average molecular weight is 702 g/mol. The minimum Gasteiger partial charge on any atom is -0.352 e. The number of nitrogens with zero attached hydrogens (tertiary/aromatic N) is 7. The van der Waals surface area contributed by atoms with Gasteiger partial charge in [-0.15, -0.1) is 28.2 Å². The number of pyridine rings is 1. The van der Waals surface area contributed by atoms with Gasteiger partial charge < -0.3 is 9.80 Å². The summed E-state index contributed by atoms with van der Waals surface area (Å²) in [7, 11) is 0. The maximum Gasteiger partial charge on any atom is 0.417 e. The van der Waals surface area contributed by atoms with Crippen molar-refractivity contribution in [3.05, 3.63) is 86.1 Å². The monoisotopic (exact) mass is 701 g/mol. The number of piperazine rings is 1. The fraction of sp³-hybridized carbons (Fsp3) is 0.323. The van der Waals surface area contributed by atoms with E-state index in [0.29, 0.717) is 21.1 Å². The van der Waals surface area contributed by atoms with Gasteiger partial charge in [-0.25, -0.2) is 14.3 Å². The Morgan fingerprint density at radius 2 is 1.87 bits per heavy atom. The highest BCUT2D eigenvalue weighted by Crippen LogP contribution is 2.50. The number of alkyl halides is 3. The zero-order valence-corrected chi connectivity index (χ0v) is 27.5. The highest BCUT2D eigenvalue weighted by Gasteiger charge is 2.40. The Morgan fingerprint density at radius 3 is 2.51 bits per heavy atom. The Kier molecular flexibility index (Phi) is 7.75. The molecule has 0 radical (unpaired) electrons. The molecule has 0 N–H and O–H groups in total. The van der Waals surface area contributed by atoms with E-state index in [1.807, 2.05) is 13.8 Å². The minimum absolute atomic E-state index is 0.0448. The summed E-state index contributed by atoms with van der Waals surface area (Å²) in [5.74, 6) is 0.00511. The minimum atomic E-state index is -4.77. The van der Waals surface area contributed by atoms with E-state index in [1.54, 1.807) is 39.6 Å². The summed E-state index contributed by atoms with van der Waals surface area (Å²) in [6.07, 6.45) is -1.95. The van der Waals surface area contributed by atoms with Gasteiger partial charge in [0.15, 0.2) is 5.65 Å². The fourth-order valence-corrected chi connectivity index (χ4v) is 9.19. The molecule has 1 saturated heterocycles. The number of aromatic nitrogens is 5. The number of amides is 1. The average Bonchev–Trinajstić information content (AvgIpc) is 3.53. The molecule has 0 unspecified atom stereocenters. The third-order valence-electron chi connectivity index (χ3n) is 8.58. The summed E-state index contributed by atoms with van der Waals surface area (Å²) in [6, 6.07) is 6.30. The van der Waals surface area contributed by atoms with Gasteiger partial charge in [0, 0.05) is 63.2 Å². The third-order valence-corrected chi connectivity index (χ3v) is 11.1. The molecule has 47 heavy (non-hydrogen) atoms. The number of fused-ring (bicyclic) bond motifs is 1. The van der Waals surface area contributed by atoms with Gasteiger partial charge in [-0.2, -0.15) is 18.2 Å². The lowest BCUT2D eigenvalue weighted by Crippen LogP contribution is -2.58. The van der Waals surface area contributed by atoms with Gasteiger partial charge in [-0.05, 0) is 44.2 Å². The first-order valence-corrected chi connectivity index (χ1v) is 16.9. The normalized spacial score (nSPS) is 20.2. The van der Waals surface area contributed by atoms with E-state index in [-0.39, 0.29) is 65.0 Å². The summed E-state index contributed by atoms with van der Waals surface area (Å²) in [6.45, 7) is 7.68. The number of rotatable bonds is 4. The molecule has 1 fully saturated rings. The number of halogens is 4. The van der Waals surface area contributed by atoms with Crippen molar-refractivity contribution in [1.29, 1.82) is 0 Å². The van der Waals surface area contributed by atoms with E-state index in [9.17, 15) is 14.4 Å². The molecule has 2 aliphatic rings. The molecule has 6 heterocycles. The summed E-state index contributed by atoms with van der Waals surface area (Å²) >= 11 is 8.44. The van der Waals surface area contributed by atoms with Crippen molar-refractivity contribution >= 4 is 63.0 Å². The molecule has 16 heteroatoms. The topological polar surface area (TPSA) is 97.7 Å². The molecule has 0 saturated carbocycles. The molecule has 1 aromatic carbocycles. The highest BCUT2D eigenvalue weighted by molar-refractivity contribution is 7.99. The van der Waals surface area contributed by atoms with Crippen LogP contribution in [0.5, 0.6) is 0 Å². The lowest BCUT2D eigenvalue weighted by molar-refractivity contribution is -0.137. The van der Waals surface area contributed by atoms with Gasteiger partial charge in [0.25, 0.3) is 0 Å². The maximum absolute atomic E-state index is 15.0. The van der Waals surface area contributed by atoms with Gasteiger partial charge in [0.2, 0.25) is 5.91 Å². The first kappa shape index (κ1) is 31.5. The van der Waals surface area contributed by atoms with Crippen molar-refractivity contribution < 1.29 is 18.0 Å². The van der Waals surface area contributed by atoms with Crippen molar-refractivity contribution in [2.75, 3.05) is 23.7 Å². The Labute approximate surface area is 278 Å². The Hall–Kier alpha value is -4.08. The second kappa shape index (κ2) is 11.6. The molecule has 0 spiro atoms. The summed E-state index contributed by atoms with van der Waals surface area (Å²) in [4.78, 5) is 48.3. The number of hydrogen-bond donors (Lipinski definition) is 0. The summed E-state index contributed by atoms with van der Waals surface area (Å²) in [5.41, 5.74) is -1.37. The predicted molar refractivity (Wildman–Crippen MR) is 177 cm³/mol. The number of anilines is 1. The Balaban J connectivity index is 1.48. The molecule has 4 aromatic heterocycles. The molecule has 3 atom stereocenters. The van der Waals surface area contributed by atoms with E-state index in [0.717, 1.165) is 29.2 Å². The molecule has 244 valence electrons. The van der Waals surface area contributed by atoms with Crippen LogP contribution in [0, 0.1) is 0 Å². The molecular weight excluding hydrogens is 675 g/mol. The van der Waals surface area contributed by atoms with Gasteiger partial charge in [0.1, 0.15) is 5.82 Å². The van der Waals surface area contributed by atoms with Gasteiger partial charge >= 0.3 is 17.6 Å². The lowest BCUT2D eigenvalue weighted by atomic mass is 10.0. The van der Waals surface area contributed by atoms with Crippen molar-refractivity contribution in [3.8, 4) is 10.4 Å². The van der Waals surface area contributed by atoms with Crippen LogP contribution in [0.1, 0.15) is 25.5 Å². The van der Waals surface area contributed by atoms with Crippen molar-refractivity contribution in [2.45, 2.75) is 49.6 Å². The molecule has 2 aliphatic heterocycles. The smallest absolute Gasteiger partial charge is 0.352 e. The van der Waals surface area contributed by atoms with Crippen molar-refractivity contribution in [3.63, 3.8) is 0 Å². The van der Waals surface area contributed by atoms with Crippen LogP contribution in [0.3, 0.4) is 0 Å². The number of hydrogen-bond acceptors (Lipinski definition) is 8. The number of thiophene rings is 1. The number of thioether (sulfide) groups is 1. The fourth-order valence-electron chi connectivity index (χ4n) is 6.66. The maximum atomic E-state index is 15.0. The standard InChI is InChI=1S/C31H27ClF3N7O3S2/c1-4-24(43)41-16(2)11-38(12-17(41)3)28-20-10-21(31(33,34)35)25(22-9-18(32)14-46-22)27-26(20)40(29(44)36-28)13-19(15-47-27)42-30(45)39-8-6-5-7-23(39)37-42/h4-10,14,16-17,19H,1,11-13,15H2,2-3H3/t16-,17+,19-/m0/s1. The van der Waals surface area contributed by atoms with Crippen LogP contribution in [0.4, 0.5) is 19.0 Å². The van der Waals surface area contributed by atoms with E-state index in [1.165, 1.54) is 25.8 Å². The summed E-state index contributed by atoms with van der Waals surface area (Å²) < 4.78 is 49.1. The van der Waals surface area contributed by atoms with Gasteiger partial charge in [-0.3, -0.25) is 13.8 Å². The molecule has 1 amide bonds. The first-order valence-electron chi connectivity index (χ1n) is 14.7. The van der Waals surface area contributed by atoms with Gasteiger partial charge in [0.05, 0.1) is 28.7 Å². The molecule has 7 rings (SSSR count). The largest absolute Gasteiger partial charge is 0.417 e. The Bertz CT molecular complexity index is 2200. The van der Waals surface area contributed by atoms with Gasteiger partial charge in [-0.1, -0.05) is 24.2 Å². The Morgan fingerprint density at radius 1 is 1.13 bits per heavy atom. The molecule has 0 aliphatic carbocycles. The molecule has 10 nitrogen and oxygen atoms in total. The lowest BCUT2D eigenvalue weighted by Gasteiger charge is -2.44. The number of carbonyl (C=O) groups excluding carboxylic acids is 1. The van der Waals surface area contributed by atoms with Crippen molar-refractivity contribution in [2.24, 2.45) is 0 Å². The second-order valence-corrected chi connectivity index (χ2v) is 14.0. The van der Waals surface area contributed by atoms with Crippen LogP contribution in [-0.2, 0) is 17.5 Å². The van der Waals surface area contributed by atoms with E-state index < -0.39 is 29.2 Å². The highest BCUT2D eigenvalue weighted by atomic mass is 35.5. The first-order chi connectivity index (χ1) is 22.4. The van der Waals surface area contributed by atoms with Crippen molar-refractivity contribution in [1.82, 2.24) is 28.6 Å². The van der Waals surface area contributed by atoms with Crippen LogP contribution in [0.15, 0.2) is 69.0 Å². The van der Waals surface area contributed by atoms with Crippen LogP contribution in [0.25, 0.3) is 27.0 Å². The number of benzene rings is 1. The third kappa shape index (κ3) is 5.24. The molecule has 5 aromatic rings. The SMILES string of the molecule is C=CC(=O)N1[C@H](C)CN(c2nc(=O)n3c4c(c(-c5cc(Cl)cs5)c(C(F)(F)F)cc24)SC[C@@H](n2nc4ccccn4c2=O)C3)C[C@@H]1C. The quantitative estimate of drug-likeness (QED) is 0.226. The van der Waals surface area contributed by atoms with E-state index in [2.05, 4.69) is 16.7 Å². The summed E-state index contributed by atoms with van der Waals surface area (Å²) in [5, 5.41) is 6.49. The van der Waals surface area contributed by atoms with Crippen LogP contribution in [0.2, 0.25) is 5.02 Å². The van der Waals surface area contributed by atoms with Crippen LogP contribution < -0.4 is 16.3 Å². The zero-order chi connectivity index (χ0) is 33.4. The van der Waals surface area contributed by atoms with Crippen LogP contribution in [-0.4, -0.2) is 65.5 Å². The molecular formula is C31H27ClF3N7O3S2. The number of carbonyl (C=O) groups is 1.